The Labute approximate surface area is 71.3 Å². The van der Waals surface area contributed by atoms with Crippen LogP contribution in [0.25, 0.3) is 0 Å². The first kappa shape index (κ1) is 8.01. The second-order valence-electron chi connectivity index (χ2n) is 3.65. The standard InChI is InChI=1S/C8H14N2O2/c11-8(12)7-3-5-4-9-2-1-6(5)10-7/h5-7,9-10H,1-4H2,(H,11,12). The molecule has 2 aliphatic heterocycles. The molecule has 0 amide bonds. The summed E-state index contributed by atoms with van der Waals surface area (Å²) in [5.41, 5.74) is 0. The normalized spacial score (nSPS) is 40.8. The quantitative estimate of drug-likeness (QED) is 0.492. The van der Waals surface area contributed by atoms with Crippen LogP contribution in [0.2, 0.25) is 0 Å². The molecule has 4 nitrogen and oxygen atoms in total. The minimum atomic E-state index is -0.704. The lowest BCUT2D eigenvalue weighted by molar-refractivity contribution is -0.139. The van der Waals surface area contributed by atoms with Crippen molar-refractivity contribution in [2.45, 2.75) is 24.9 Å². The van der Waals surface area contributed by atoms with Gasteiger partial charge in [0.15, 0.2) is 0 Å². The molecule has 3 N–H and O–H groups in total. The van der Waals surface area contributed by atoms with Crippen LogP contribution in [0.3, 0.4) is 0 Å². The molecule has 0 aromatic heterocycles. The maximum absolute atomic E-state index is 10.7. The molecule has 12 heavy (non-hydrogen) atoms. The van der Waals surface area contributed by atoms with Crippen molar-refractivity contribution < 1.29 is 9.90 Å². The fourth-order valence-electron chi connectivity index (χ4n) is 2.19. The van der Waals surface area contributed by atoms with Crippen LogP contribution in [0.5, 0.6) is 0 Å². The molecule has 0 bridgehead atoms. The minimum absolute atomic E-state index is 0.306. The minimum Gasteiger partial charge on any atom is -0.480 e. The smallest absolute Gasteiger partial charge is 0.320 e. The van der Waals surface area contributed by atoms with Gasteiger partial charge in [0.1, 0.15) is 6.04 Å². The van der Waals surface area contributed by atoms with Crippen LogP contribution >= 0.6 is 0 Å². The number of carbonyl (C=O) groups is 1. The van der Waals surface area contributed by atoms with Crippen molar-refractivity contribution in [2.75, 3.05) is 13.1 Å². The number of piperidine rings is 1. The highest BCUT2D eigenvalue weighted by atomic mass is 16.4. The highest BCUT2D eigenvalue weighted by Gasteiger charge is 2.37. The van der Waals surface area contributed by atoms with Crippen molar-refractivity contribution in [3.63, 3.8) is 0 Å². The van der Waals surface area contributed by atoms with Crippen LogP contribution in [-0.2, 0) is 4.79 Å². The summed E-state index contributed by atoms with van der Waals surface area (Å²) in [6, 6.07) is 0.132. The Bertz CT molecular complexity index is 181. The molecule has 3 unspecified atom stereocenters. The predicted molar refractivity (Wildman–Crippen MR) is 43.9 cm³/mol. The maximum atomic E-state index is 10.7. The first-order chi connectivity index (χ1) is 5.77. The molecule has 0 saturated carbocycles. The van der Waals surface area contributed by atoms with E-state index < -0.39 is 5.97 Å². The average molecular weight is 170 g/mol. The van der Waals surface area contributed by atoms with E-state index in [-0.39, 0.29) is 6.04 Å². The van der Waals surface area contributed by atoms with Crippen molar-refractivity contribution in [3.05, 3.63) is 0 Å². The van der Waals surface area contributed by atoms with Crippen molar-refractivity contribution >= 4 is 5.97 Å². The Balaban J connectivity index is 1.98. The lowest BCUT2D eigenvalue weighted by Crippen LogP contribution is -2.43. The summed E-state index contributed by atoms with van der Waals surface area (Å²) in [5.74, 6) is -0.177. The fraction of sp³-hybridized carbons (Fsp3) is 0.875. The highest BCUT2D eigenvalue weighted by molar-refractivity contribution is 5.74. The van der Waals surface area contributed by atoms with E-state index in [1.807, 2.05) is 0 Å². The van der Waals surface area contributed by atoms with Crippen molar-refractivity contribution in [1.82, 2.24) is 10.6 Å². The summed E-state index contributed by atoms with van der Waals surface area (Å²) in [6.45, 7) is 1.99. The summed E-state index contributed by atoms with van der Waals surface area (Å²) < 4.78 is 0. The topological polar surface area (TPSA) is 61.4 Å². The summed E-state index contributed by atoms with van der Waals surface area (Å²) in [6.07, 6.45) is 1.85. The number of aliphatic carboxylic acids is 1. The zero-order valence-corrected chi connectivity index (χ0v) is 6.92. The summed E-state index contributed by atoms with van der Waals surface area (Å²) >= 11 is 0. The Morgan fingerprint density at radius 1 is 1.50 bits per heavy atom. The van der Waals surface area contributed by atoms with E-state index in [1.165, 1.54) is 0 Å². The molecule has 4 heteroatoms. The van der Waals surface area contributed by atoms with Gasteiger partial charge in [-0.15, -0.1) is 0 Å². The Morgan fingerprint density at radius 3 is 3.00 bits per heavy atom. The van der Waals surface area contributed by atoms with Crippen molar-refractivity contribution in [1.29, 1.82) is 0 Å². The van der Waals surface area contributed by atoms with E-state index in [1.54, 1.807) is 0 Å². The average Bonchev–Trinajstić information content (AvgIpc) is 2.46. The first-order valence-electron chi connectivity index (χ1n) is 4.47. The van der Waals surface area contributed by atoms with Crippen LogP contribution in [0.1, 0.15) is 12.8 Å². The van der Waals surface area contributed by atoms with Crippen molar-refractivity contribution in [2.24, 2.45) is 5.92 Å². The zero-order chi connectivity index (χ0) is 8.55. The van der Waals surface area contributed by atoms with E-state index in [4.69, 9.17) is 5.11 Å². The molecule has 3 atom stereocenters. The van der Waals surface area contributed by atoms with Gasteiger partial charge in [0.25, 0.3) is 0 Å². The Morgan fingerprint density at radius 2 is 2.33 bits per heavy atom. The van der Waals surface area contributed by atoms with Gasteiger partial charge in [0.2, 0.25) is 0 Å². The lowest BCUT2D eigenvalue weighted by Gasteiger charge is -2.25. The molecule has 2 fully saturated rings. The van der Waals surface area contributed by atoms with Crippen LogP contribution < -0.4 is 10.6 Å². The van der Waals surface area contributed by atoms with Gasteiger partial charge in [0.05, 0.1) is 0 Å². The van der Waals surface area contributed by atoms with Gasteiger partial charge < -0.3 is 15.7 Å². The molecular formula is C8H14N2O2. The molecule has 0 aromatic carbocycles. The number of carboxylic acids is 1. The molecule has 0 radical (unpaired) electrons. The Kier molecular flexibility index (Phi) is 2.02. The SMILES string of the molecule is O=C(O)C1CC2CNCCC2N1. The third-order valence-corrected chi connectivity index (χ3v) is 2.86. The number of fused-ring (bicyclic) bond motifs is 1. The van der Waals surface area contributed by atoms with Gasteiger partial charge in [-0.3, -0.25) is 4.79 Å². The first-order valence-corrected chi connectivity index (χ1v) is 4.47. The molecule has 68 valence electrons. The third-order valence-electron chi connectivity index (χ3n) is 2.86. The second-order valence-corrected chi connectivity index (χ2v) is 3.65. The van der Waals surface area contributed by atoms with Gasteiger partial charge in [0, 0.05) is 6.04 Å². The van der Waals surface area contributed by atoms with Gasteiger partial charge >= 0.3 is 5.97 Å². The fourth-order valence-corrected chi connectivity index (χ4v) is 2.19. The van der Waals surface area contributed by atoms with E-state index in [2.05, 4.69) is 10.6 Å². The van der Waals surface area contributed by atoms with E-state index in [0.717, 1.165) is 25.9 Å². The summed E-state index contributed by atoms with van der Waals surface area (Å²) in [4.78, 5) is 10.7. The second kappa shape index (κ2) is 3.03. The Hall–Kier alpha value is -0.610. The van der Waals surface area contributed by atoms with Crippen LogP contribution in [0.4, 0.5) is 0 Å². The zero-order valence-electron chi connectivity index (χ0n) is 6.92. The van der Waals surface area contributed by atoms with Gasteiger partial charge in [-0.05, 0) is 31.8 Å². The van der Waals surface area contributed by atoms with Gasteiger partial charge in [-0.1, -0.05) is 0 Å². The number of nitrogens with one attached hydrogen (secondary N) is 2. The van der Waals surface area contributed by atoms with Gasteiger partial charge in [-0.2, -0.15) is 0 Å². The van der Waals surface area contributed by atoms with Crippen LogP contribution in [0, 0.1) is 5.92 Å². The molecule has 2 rings (SSSR count). The number of hydrogen-bond acceptors (Lipinski definition) is 3. The highest BCUT2D eigenvalue weighted by Crippen LogP contribution is 2.24. The third kappa shape index (κ3) is 1.32. The summed E-state index contributed by atoms with van der Waals surface area (Å²) in [5, 5.41) is 15.2. The number of carboxylic acid groups (broad SMARTS) is 1. The molecule has 2 saturated heterocycles. The number of rotatable bonds is 1. The largest absolute Gasteiger partial charge is 0.480 e. The lowest BCUT2D eigenvalue weighted by atomic mass is 9.94. The van der Waals surface area contributed by atoms with E-state index in [9.17, 15) is 4.79 Å². The van der Waals surface area contributed by atoms with E-state index >= 15 is 0 Å². The number of hydrogen-bond donors (Lipinski definition) is 3. The molecule has 0 spiro atoms. The van der Waals surface area contributed by atoms with E-state index in [0.29, 0.717) is 12.0 Å². The summed E-state index contributed by atoms with van der Waals surface area (Å²) in [7, 11) is 0. The molecule has 0 aliphatic carbocycles. The van der Waals surface area contributed by atoms with Crippen molar-refractivity contribution in [3.8, 4) is 0 Å². The maximum Gasteiger partial charge on any atom is 0.320 e. The molecule has 2 aliphatic rings. The molecule has 2 heterocycles. The molecule has 0 aromatic rings. The van der Waals surface area contributed by atoms with Gasteiger partial charge in [-0.25, -0.2) is 0 Å². The molecular weight excluding hydrogens is 156 g/mol. The monoisotopic (exact) mass is 170 g/mol. The van der Waals surface area contributed by atoms with Crippen LogP contribution in [-0.4, -0.2) is 36.2 Å². The predicted octanol–water partition coefficient (Wildman–Crippen LogP) is -0.589. The van der Waals surface area contributed by atoms with Crippen LogP contribution in [0.15, 0.2) is 0 Å².